The number of pyridine rings is 2. The normalized spacial score (nSPS) is 11.9. The van der Waals surface area contributed by atoms with Crippen molar-refractivity contribution in [2.45, 2.75) is 33.1 Å². The van der Waals surface area contributed by atoms with Crippen molar-refractivity contribution in [3.05, 3.63) is 63.0 Å². The van der Waals surface area contributed by atoms with Crippen LogP contribution in [0.15, 0.2) is 41.5 Å². The maximum atomic E-state index is 12.5. The van der Waals surface area contributed by atoms with E-state index in [1.807, 2.05) is 36.1 Å². The first kappa shape index (κ1) is 16.7. The molecule has 0 aliphatic rings. The van der Waals surface area contributed by atoms with E-state index in [-0.39, 0.29) is 10.8 Å². The van der Waals surface area contributed by atoms with E-state index in [1.165, 1.54) is 0 Å². The maximum Gasteiger partial charge on any atom is 0.196 e. The quantitative estimate of drug-likeness (QED) is 0.659. The van der Waals surface area contributed by atoms with E-state index in [9.17, 15) is 4.79 Å². The van der Waals surface area contributed by atoms with Gasteiger partial charge in [0.25, 0.3) is 0 Å². The van der Waals surface area contributed by atoms with Gasteiger partial charge in [0.05, 0.1) is 11.2 Å². The lowest BCUT2D eigenvalue weighted by Crippen LogP contribution is -2.27. The number of halogens is 1. The molecule has 0 atom stereocenters. The fourth-order valence-electron chi connectivity index (χ4n) is 2.98. The van der Waals surface area contributed by atoms with Gasteiger partial charge in [0.15, 0.2) is 17.8 Å². The first-order chi connectivity index (χ1) is 11.2. The predicted molar refractivity (Wildman–Crippen MR) is 99.6 cm³/mol. The van der Waals surface area contributed by atoms with Crippen molar-refractivity contribution in [2.24, 2.45) is 7.05 Å². The largest absolute Gasteiger partial charge is 0.354 e. The van der Waals surface area contributed by atoms with Gasteiger partial charge in [-0.2, -0.15) is 0 Å². The van der Waals surface area contributed by atoms with Crippen molar-refractivity contribution in [1.82, 2.24) is 4.98 Å². The highest BCUT2D eigenvalue weighted by molar-refractivity contribution is 6.31. The Kier molecular flexibility index (Phi) is 4.00. The first-order valence-corrected chi connectivity index (χ1v) is 8.38. The van der Waals surface area contributed by atoms with Gasteiger partial charge in [-0.3, -0.25) is 4.79 Å². The standard InChI is InChI=1S/C20H21ClN2O/c1-12-8-15(20(2,3)4)16(21)9-13(12)18-10-19(24)14-11-23(5)7-6-17(14)22-18/h6-11H,1-5H3/p+1. The molecule has 24 heavy (non-hydrogen) atoms. The van der Waals surface area contributed by atoms with Crippen LogP contribution in [0, 0.1) is 6.92 Å². The Morgan fingerprint density at radius 1 is 1.17 bits per heavy atom. The van der Waals surface area contributed by atoms with Crippen LogP contribution in [0.3, 0.4) is 0 Å². The third-order valence-corrected chi connectivity index (χ3v) is 4.63. The zero-order valence-corrected chi connectivity index (χ0v) is 15.5. The molecule has 1 N–H and O–H groups in total. The van der Waals surface area contributed by atoms with Crippen LogP contribution in [0.5, 0.6) is 0 Å². The smallest absolute Gasteiger partial charge is 0.196 e. The number of benzene rings is 1. The molecular formula is C20H22ClN2O+. The number of hydrogen-bond acceptors (Lipinski definition) is 1. The molecule has 3 rings (SSSR count). The fourth-order valence-corrected chi connectivity index (χ4v) is 3.43. The fraction of sp³-hybridized carbons (Fsp3) is 0.300. The topological polar surface area (TPSA) is 36.7 Å². The number of aromatic nitrogens is 2. The van der Waals surface area contributed by atoms with Gasteiger partial charge in [0, 0.05) is 22.7 Å². The van der Waals surface area contributed by atoms with Crippen molar-refractivity contribution < 1.29 is 4.57 Å². The van der Waals surface area contributed by atoms with Gasteiger partial charge >= 0.3 is 0 Å². The van der Waals surface area contributed by atoms with Crippen molar-refractivity contribution >= 4 is 22.5 Å². The SMILES string of the molecule is Cc1cc(C(C)(C)C)c(Cl)cc1-c1cc(=O)c2c[n+](C)ccc2[nH]1. The van der Waals surface area contributed by atoms with Crippen molar-refractivity contribution in [2.75, 3.05) is 0 Å². The van der Waals surface area contributed by atoms with Gasteiger partial charge in [0.2, 0.25) is 0 Å². The minimum absolute atomic E-state index is 0.00497. The molecule has 124 valence electrons. The van der Waals surface area contributed by atoms with Crippen molar-refractivity contribution in [3.8, 4) is 11.3 Å². The van der Waals surface area contributed by atoms with E-state index in [0.29, 0.717) is 5.39 Å². The third kappa shape index (κ3) is 2.96. The molecule has 0 saturated carbocycles. The summed E-state index contributed by atoms with van der Waals surface area (Å²) in [6.07, 6.45) is 3.76. The Labute approximate surface area is 146 Å². The van der Waals surface area contributed by atoms with E-state index in [1.54, 1.807) is 6.07 Å². The van der Waals surface area contributed by atoms with Crippen LogP contribution in [0.2, 0.25) is 5.02 Å². The summed E-state index contributed by atoms with van der Waals surface area (Å²) >= 11 is 6.52. The summed E-state index contributed by atoms with van der Waals surface area (Å²) in [5.74, 6) is 0. The van der Waals surface area contributed by atoms with Gasteiger partial charge in [-0.15, -0.1) is 0 Å². The molecule has 2 heterocycles. The summed E-state index contributed by atoms with van der Waals surface area (Å²) in [7, 11) is 1.90. The molecule has 3 aromatic rings. The second-order valence-corrected chi connectivity index (χ2v) is 7.79. The minimum Gasteiger partial charge on any atom is -0.354 e. The molecule has 4 heteroatoms. The number of aryl methyl sites for hydroxylation is 2. The number of hydrogen-bond donors (Lipinski definition) is 1. The summed E-state index contributed by atoms with van der Waals surface area (Å²) in [6.45, 7) is 8.48. The maximum absolute atomic E-state index is 12.5. The van der Waals surface area contributed by atoms with Crippen LogP contribution in [0.1, 0.15) is 31.9 Å². The van der Waals surface area contributed by atoms with E-state index in [2.05, 4.69) is 38.7 Å². The van der Waals surface area contributed by atoms with Gasteiger partial charge in [-0.25, -0.2) is 4.57 Å². The Balaban J connectivity index is 2.23. The predicted octanol–water partition coefficient (Wildman–Crippen LogP) is 4.28. The number of fused-ring (bicyclic) bond motifs is 1. The number of nitrogens with zero attached hydrogens (tertiary/aromatic N) is 1. The molecular weight excluding hydrogens is 320 g/mol. The van der Waals surface area contributed by atoms with E-state index in [4.69, 9.17) is 11.6 Å². The molecule has 0 aliphatic heterocycles. The molecule has 0 bridgehead atoms. The highest BCUT2D eigenvalue weighted by Gasteiger charge is 2.19. The Morgan fingerprint density at radius 2 is 1.88 bits per heavy atom. The van der Waals surface area contributed by atoms with Crippen LogP contribution in [0.25, 0.3) is 22.2 Å². The Morgan fingerprint density at radius 3 is 2.54 bits per heavy atom. The van der Waals surface area contributed by atoms with Gasteiger partial charge in [0.1, 0.15) is 12.4 Å². The molecule has 2 aromatic heterocycles. The second-order valence-electron chi connectivity index (χ2n) is 7.38. The third-order valence-electron chi connectivity index (χ3n) is 4.32. The lowest BCUT2D eigenvalue weighted by atomic mass is 9.85. The van der Waals surface area contributed by atoms with Crippen LogP contribution >= 0.6 is 11.6 Å². The van der Waals surface area contributed by atoms with Gasteiger partial charge in [-0.05, 0) is 29.5 Å². The van der Waals surface area contributed by atoms with Crippen LogP contribution in [0.4, 0.5) is 0 Å². The number of rotatable bonds is 1. The zero-order valence-electron chi connectivity index (χ0n) is 14.7. The molecule has 3 nitrogen and oxygen atoms in total. The zero-order chi connectivity index (χ0) is 17.6. The highest BCUT2D eigenvalue weighted by atomic mass is 35.5. The molecule has 1 aromatic carbocycles. The van der Waals surface area contributed by atoms with E-state index >= 15 is 0 Å². The summed E-state index contributed by atoms with van der Waals surface area (Å²) in [4.78, 5) is 15.8. The Bertz CT molecular complexity index is 997. The molecule has 0 aliphatic carbocycles. The number of aromatic amines is 1. The minimum atomic E-state index is -0.0219. The van der Waals surface area contributed by atoms with E-state index < -0.39 is 0 Å². The van der Waals surface area contributed by atoms with Crippen LogP contribution < -0.4 is 10.00 Å². The summed E-state index contributed by atoms with van der Waals surface area (Å²) < 4.78 is 1.87. The first-order valence-electron chi connectivity index (χ1n) is 8.00. The van der Waals surface area contributed by atoms with E-state index in [0.717, 1.165) is 32.9 Å². The molecule has 0 unspecified atom stereocenters. The molecule has 0 saturated heterocycles. The summed E-state index contributed by atoms with van der Waals surface area (Å²) in [5.41, 5.74) is 4.77. The molecule has 0 radical (unpaired) electrons. The summed E-state index contributed by atoms with van der Waals surface area (Å²) in [5, 5.41) is 1.40. The van der Waals surface area contributed by atoms with Gasteiger partial charge < -0.3 is 4.98 Å². The average Bonchev–Trinajstić information content (AvgIpc) is 2.48. The van der Waals surface area contributed by atoms with Crippen molar-refractivity contribution in [1.29, 1.82) is 0 Å². The van der Waals surface area contributed by atoms with Crippen molar-refractivity contribution in [3.63, 3.8) is 0 Å². The number of H-pyrrole nitrogens is 1. The molecule has 0 amide bonds. The Hall–Kier alpha value is -2.13. The van der Waals surface area contributed by atoms with Gasteiger partial charge in [-0.1, -0.05) is 38.4 Å². The second kappa shape index (κ2) is 5.75. The highest BCUT2D eigenvalue weighted by Crippen LogP contribution is 2.34. The molecule has 0 spiro atoms. The lowest BCUT2D eigenvalue weighted by Gasteiger charge is -2.22. The number of nitrogens with one attached hydrogen (secondary N) is 1. The lowest BCUT2D eigenvalue weighted by molar-refractivity contribution is -0.670. The van der Waals surface area contributed by atoms with Crippen LogP contribution in [-0.4, -0.2) is 4.98 Å². The average molecular weight is 342 g/mol. The summed E-state index contributed by atoms with van der Waals surface area (Å²) in [6, 6.07) is 7.64. The van der Waals surface area contributed by atoms with Crippen LogP contribution in [-0.2, 0) is 12.5 Å². The monoisotopic (exact) mass is 341 g/mol. The molecule has 0 fully saturated rings.